The van der Waals surface area contributed by atoms with Crippen molar-refractivity contribution in [2.75, 3.05) is 85.6 Å². The lowest BCUT2D eigenvalue weighted by Gasteiger charge is -2.29. The van der Waals surface area contributed by atoms with Crippen LogP contribution in [0.1, 0.15) is 54.9 Å². The van der Waals surface area contributed by atoms with E-state index in [1.807, 2.05) is 42.3 Å². The fourth-order valence-electron chi connectivity index (χ4n) is 11.3. The van der Waals surface area contributed by atoms with Gasteiger partial charge in [-0.25, -0.2) is 11.6 Å². The zero-order valence-electron chi connectivity index (χ0n) is 63.2. The first-order valence-corrected chi connectivity index (χ1v) is 35.1. The number of para-hydroxylation sites is 5. The largest absolute Gasteiger partial charge is 0.416 e. The fourth-order valence-corrected chi connectivity index (χ4v) is 11.3. The van der Waals surface area contributed by atoms with Crippen LogP contribution in [-0.2, 0) is 39.1 Å². The summed E-state index contributed by atoms with van der Waals surface area (Å²) < 4.78 is 156. The molecule has 2 fully saturated rings. The normalized spacial score (nSPS) is 12.3. The number of primary amides is 1. The van der Waals surface area contributed by atoms with Crippen LogP contribution in [-0.4, -0.2) is 96.4 Å². The van der Waals surface area contributed by atoms with Gasteiger partial charge >= 0.3 is 70.2 Å². The van der Waals surface area contributed by atoms with Crippen LogP contribution < -0.4 is 57.5 Å². The lowest BCUT2D eigenvalue weighted by molar-refractivity contribution is -0.393. The SMILES string of the molecule is CCCN(Nc1c([N+](=O)[O-])cc(C(F)(F)F)cc1[N+](=O)[O-])c1ccccc1.NC(=O)CCN(Nc1c([N+](=O)[O-])cc(C(F)(F)F)cc1[N+](=O)[O-])c1ccccc1.O=C1CCN(c2ccccc2)N1.O=C1CCN(c2ccccc2)N1c1c([N+](=O)[O-])cc(C(F)(F)F)cc1[N+](=O)[O-].[C-]#[N+]CCN(Nc1c([N+](=O)[O-])cc(C(F)(F)F)cc1[N+](=O)[O-])c1ccccc1. The number of hydrogen-bond acceptors (Lipinski definition) is 27. The summed E-state index contributed by atoms with van der Waals surface area (Å²) in [7, 11) is 0. The summed E-state index contributed by atoms with van der Waals surface area (Å²) in [4.78, 5) is 119. The summed E-state index contributed by atoms with van der Waals surface area (Å²) in [6.45, 7) is 9.57. The van der Waals surface area contributed by atoms with E-state index in [0.717, 1.165) is 17.2 Å². The predicted octanol–water partition coefficient (Wildman–Crippen LogP) is 16.9. The molecular formula is C73H62F12N20O19. The van der Waals surface area contributed by atoms with Crippen LogP contribution in [0.25, 0.3) is 4.85 Å². The lowest BCUT2D eigenvalue weighted by atomic mass is 10.1. The molecule has 0 bridgehead atoms. The lowest BCUT2D eigenvalue weighted by Crippen LogP contribution is -2.40. The van der Waals surface area contributed by atoms with Crippen LogP contribution in [0, 0.1) is 87.5 Å². The van der Waals surface area contributed by atoms with Crippen LogP contribution in [0.4, 0.5) is 149 Å². The topological polar surface area (TPSA) is 494 Å². The molecule has 124 heavy (non-hydrogen) atoms. The van der Waals surface area contributed by atoms with Gasteiger partial charge < -0.3 is 10.6 Å². The quantitative estimate of drug-likeness (QED) is 0.0138. The van der Waals surface area contributed by atoms with E-state index in [1.165, 1.54) is 27.2 Å². The number of nitrogens with one attached hydrogen (secondary N) is 4. The zero-order valence-corrected chi connectivity index (χ0v) is 63.2. The van der Waals surface area contributed by atoms with Crippen molar-refractivity contribution in [1.29, 1.82) is 0 Å². The van der Waals surface area contributed by atoms with Gasteiger partial charge in [0.25, 0.3) is 0 Å². The van der Waals surface area contributed by atoms with Crippen LogP contribution in [0.3, 0.4) is 0 Å². The van der Waals surface area contributed by atoms with Gasteiger partial charge in [-0.1, -0.05) is 97.9 Å². The summed E-state index contributed by atoms with van der Waals surface area (Å²) in [5, 5.41) is 98.4. The first-order chi connectivity index (χ1) is 58.3. The minimum absolute atomic E-state index is 0.0250. The van der Waals surface area contributed by atoms with Crippen molar-refractivity contribution in [1.82, 2.24) is 5.43 Å². The van der Waals surface area contributed by atoms with Gasteiger partial charge in [0, 0.05) is 94.0 Å². The number of halogens is 12. The Morgan fingerprint density at radius 1 is 0.427 bits per heavy atom. The summed E-state index contributed by atoms with van der Waals surface area (Å²) in [6.07, 6.45) is -19.2. The molecule has 9 aromatic rings. The highest BCUT2D eigenvalue weighted by Crippen LogP contribution is 2.48. The van der Waals surface area contributed by atoms with E-state index in [9.17, 15) is 148 Å². The Balaban J connectivity index is 0.000000217. The second-order valence-electron chi connectivity index (χ2n) is 25.2. The van der Waals surface area contributed by atoms with Crippen molar-refractivity contribution in [2.24, 2.45) is 5.73 Å². The first-order valence-electron chi connectivity index (χ1n) is 35.1. The standard InChI is InChI=1S/C16H14F3N5O5.C16H12F3N5O4.C16H11F3N4O5.C16H15F3N4O4.C9H10N2O/c17-16(18,19)10-8-12(23(26)27)15(13(9-10)24(28)29)21-22(7-6-14(20)25)11-4-2-1-3-5-11;1-20-7-8-22(12-5-3-2-4-6-12)21-15-13(23(25)26)9-11(16(17,18)19)10-14(15)24(27)28;17-16(18,19)10-8-12(22(25)26)15(13(9-10)23(27)28)21-14(24)6-7-20(21)11-4-2-1-3-5-11;1-2-8-21(12-6-4-3-5-7-12)20-15-13(22(24)25)9-11(16(17,18)19)10-14(15)23(26)27;12-9-6-7-11(10-9)8-4-2-1-3-5-8/h1-5,8-9,21H,6-7H2,(H2,20,25);2-6,9-10,21H,7-8H2;1-5,8-9H,6-7H2;3-7,9-10,20H,2,8H2,1H3;1-5H,6-7H2,(H,10,12). The molecule has 0 aromatic heterocycles. The Kier molecular flexibility index (Phi) is 31.6. The van der Waals surface area contributed by atoms with Crippen LogP contribution in [0.2, 0.25) is 0 Å². The van der Waals surface area contributed by atoms with E-state index in [2.05, 4.69) is 26.5 Å². The molecule has 0 radical (unpaired) electrons. The van der Waals surface area contributed by atoms with E-state index in [0.29, 0.717) is 47.1 Å². The van der Waals surface area contributed by atoms with E-state index >= 15 is 0 Å². The van der Waals surface area contributed by atoms with Gasteiger partial charge in [-0.3, -0.25) is 142 Å². The Morgan fingerprint density at radius 2 is 0.710 bits per heavy atom. The summed E-state index contributed by atoms with van der Waals surface area (Å²) in [6, 6.07) is 44.0. The summed E-state index contributed by atoms with van der Waals surface area (Å²) in [5.74, 6) is -1.34. The Bertz CT molecular complexity index is 5320. The molecule has 3 amide bonds. The predicted molar refractivity (Wildman–Crippen MR) is 419 cm³/mol. The van der Waals surface area contributed by atoms with Gasteiger partial charge in [-0.2, -0.15) is 52.7 Å². The molecular weight excluding hydrogens is 1690 g/mol. The maximum absolute atomic E-state index is 13.1. The second kappa shape index (κ2) is 41.4. The highest BCUT2D eigenvalue weighted by molar-refractivity contribution is 6.03. The molecule has 2 saturated heterocycles. The highest BCUT2D eigenvalue weighted by Gasteiger charge is 2.46. The number of benzene rings is 9. The number of anilines is 9. The van der Waals surface area contributed by atoms with Crippen LogP contribution in [0.15, 0.2) is 200 Å². The number of carbonyl (C=O) groups excluding carboxylic acids is 3. The third kappa shape index (κ3) is 25.3. The van der Waals surface area contributed by atoms with Crippen LogP contribution in [0.5, 0.6) is 0 Å². The summed E-state index contributed by atoms with van der Waals surface area (Å²) in [5.41, 5.74) is 0.121. The molecule has 0 spiro atoms. The van der Waals surface area contributed by atoms with Crippen molar-refractivity contribution in [3.63, 3.8) is 0 Å². The molecule has 2 heterocycles. The van der Waals surface area contributed by atoms with Gasteiger partial charge in [-0.05, 0) is 67.1 Å². The highest BCUT2D eigenvalue weighted by atomic mass is 19.4. The van der Waals surface area contributed by atoms with Crippen molar-refractivity contribution >= 4 is 114 Å². The van der Waals surface area contributed by atoms with Gasteiger partial charge in [0.15, 0.2) is 0 Å². The monoisotopic (exact) mass is 1750 g/mol. The number of carbonyl (C=O) groups is 3. The number of amides is 3. The molecule has 2 aliphatic rings. The smallest absolute Gasteiger partial charge is 0.370 e. The minimum Gasteiger partial charge on any atom is -0.370 e. The fraction of sp³-hybridized carbons (Fsp3) is 0.205. The molecule has 39 nitrogen and oxygen atoms in total. The first kappa shape index (κ1) is 94.8. The van der Waals surface area contributed by atoms with Crippen molar-refractivity contribution < 1.29 is 106 Å². The molecule has 652 valence electrons. The number of alkyl halides is 12. The Labute approximate surface area is 687 Å². The van der Waals surface area contributed by atoms with Gasteiger partial charge in [0.2, 0.25) is 47.0 Å². The molecule has 0 atom stereocenters. The molecule has 9 aromatic carbocycles. The Hall–Kier alpha value is -16.4. The van der Waals surface area contributed by atoms with Crippen molar-refractivity contribution in [3.05, 3.63) is 315 Å². The van der Waals surface area contributed by atoms with Crippen molar-refractivity contribution in [2.45, 2.75) is 57.3 Å². The number of nitro benzene ring substituents is 8. The van der Waals surface area contributed by atoms with Gasteiger partial charge in [0.1, 0.15) is 6.54 Å². The molecule has 0 saturated carbocycles. The molecule has 51 heteroatoms. The van der Waals surface area contributed by atoms with E-state index in [1.54, 1.807) is 109 Å². The third-order valence-electron chi connectivity index (χ3n) is 16.8. The van der Waals surface area contributed by atoms with E-state index in [4.69, 9.17) is 12.3 Å². The maximum Gasteiger partial charge on any atom is 0.416 e. The number of rotatable bonds is 27. The number of nitrogens with zero attached hydrogens (tertiary/aromatic N) is 15. The van der Waals surface area contributed by atoms with Crippen molar-refractivity contribution in [3.8, 4) is 0 Å². The van der Waals surface area contributed by atoms with Crippen LogP contribution >= 0.6 is 0 Å². The third-order valence-corrected chi connectivity index (χ3v) is 16.8. The second-order valence-corrected chi connectivity index (χ2v) is 25.2. The van der Waals surface area contributed by atoms with Gasteiger partial charge in [-0.15, -0.1) is 0 Å². The summed E-state index contributed by atoms with van der Waals surface area (Å²) >= 11 is 0. The molecule has 0 unspecified atom stereocenters. The van der Waals surface area contributed by atoms with Gasteiger partial charge in [0.05, 0.1) is 90.1 Å². The average Bonchev–Trinajstić information content (AvgIpc) is 1.51. The molecule has 6 N–H and O–H groups in total. The molecule has 11 rings (SSSR count). The minimum atomic E-state index is -5.04. The number of nitrogens with two attached hydrogens (primary N) is 1. The van der Waals surface area contributed by atoms with E-state index in [-0.39, 0.29) is 93.5 Å². The zero-order chi connectivity index (χ0) is 91.9. The molecule has 2 aliphatic heterocycles. The Morgan fingerprint density at radius 3 is 0.976 bits per heavy atom. The number of nitro groups is 8. The maximum atomic E-state index is 13.1. The number of hydrogen-bond donors (Lipinski definition) is 5. The van der Waals surface area contributed by atoms with E-state index < -0.39 is 166 Å². The average molecular weight is 1750 g/mol. The number of hydrazine groups is 5. The molecule has 0 aliphatic carbocycles.